The first-order chi connectivity index (χ1) is 10.5. The summed E-state index contributed by atoms with van der Waals surface area (Å²) >= 11 is 5.87. The minimum absolute atomic E-state index is 0.120. The van der Waals surface area contributed by atoms with Gasteiger partial charge in [-0.15, -0.1) is 0 Å². The first-order valence-corrected chi connectivity index (χ1v) is 7.89. The Kier molecular flexibility index (Phi) is 5.80. The van der Waals surface area contributed by atoms with E-state index in [1.807, 2.05) is 17.0 Å². The number of hydrogen-bond acceptors (Lipinski definition) is 3. The van der Waals surface area contributed by atoms with Gasteiger partial charge >= 0.3 is 0 Å². The molecule has 1 aliphatic heterocycles. The highest BCUT2D eigenvalue weighted by Crippen LogP contribution is 2.19. The molecule has 1 atom stereocenters. The van der Waals surface area contributed by atoms with Crippen molar-refractivity contribution < 1.29 is 9.59 Å². The van der Waals surface area contributed by atoms with Crippen LogP contribution >= 0.6 is 11.6 Å². The van der Waals surface area contributed by atoms with Crippen molar-refractivity contribution in [2.75, 3.05) is 19.6 Å². The zero-order chi connectivity index (χ0) is 16.1. The number of nitrogens with two attached hydrogens (primary N) is 1. The smallest absolute Gasteiger partial charge is 0.226 e. The Labute approximate surface area is 135 Å². The van der Waals surface area contributed by atoms with Gasteiger partial charge in [0.1, 0.15) is 0 Å². The number of carbonyl (C=O) groups is 2. The highest BCUT2D eigenvalue weighted by molar-refractivity contribution is 6.30. The van der Waals surface area contributed by atoms with Crippen molar-refractivity contribution >= 4 is 23.4 Å². The third-order valence-corrected chi connectivity index (χ3v) is 4.42. The summed E-state index contributed by atoms with van der Waals surface area (Å²) in [4.78, 5) is 24.9. The van der Waals surface area contributed by atoms with E-state index in [-0.39, 0.29) is 17.7 Å². The molecule has 1 aromatic rings. The predicted octanol–water partition coefficient (Wildman–Crippen LogP) is 1.51. The number of amides is 2. The molecule has 1 aromatic carbocycles. The number of nitrogens with zero attached hydrogens (tertiary/aromatic N) is 1. The average molecular weight is 324 g/mol. The normalized spacial score (nSPS) is 17.3. The minimum atomic E-state index is -0.372. The van der Waals surface area contributed by atoms with Crippen LogP contribution in [0.5, 0.6) is 0 Å². The number of rotatable bonds is 5. The predicted molar refractivity (Wildman–Crippen MR) is 86.7 cm³/mol. The van der Waals surface area contributed by atoms with Gasteiger partial charge in [0.05, 0.1) is 5.92 Å². The standard InChI is InChI=1S/C16H22ClN3O2/c1-11(21)20-8-6-14(7-9-20)19-10-15(16(18)22)12-2-4-13(17)5-3-12/h2-5,14-15,19H,6-10H2,1H3,(H2,18,22)/t15-/m1/s1. The van der Waals surface area contributed by atoms with Gasteiger partial charge in [0.15, 0.2) is 0 Å². The molecule has 120 valence electrons. The van der Waals surface area contributed by atoms with E-state index in [0.717, 1.165) is 31.5 Å². The lowest BCUT2D eigenvalue weighted by molar-refractivity contribution is -0.129. The highest BCUT2D eigenvalue weighted by atomic mass is 35.5. The fourth-order valence-electron chi connectivity index (χ4n) is 2.76. The van der Waals surface area contributed by atoms with Crippen LogP contribution in [0.1, 0.15) is 31.2 Å². The van der Waals surface area contributed by atoms with Crippen LogP contribution in [0.15, 0.2) is 24.3 Å². The van der Waals surface area contributed by atoms with E-state index in [0.29, 0.717) is 17.6 Å². The number of halogens is 1. The molecule has 1 fully saturated rings. The first-order valence-electron chi connectivity index (χ1n) is 7.51. The van der Waals surface area contributed by atoms with E-state index in [4.69, 9.17) is 17.3 Å². The minimum Gasteiger partial charge on any atom is -0.369 e. The van der Waals surface area contributed by atoms with Crippen LogP contribution in [0.2, 0.25) is 5.02 Å². The molecule has 1 heterocycles. The highest BCUT2D eigenvalue weighted by Gasteiger charge is 2.23. The van der Waals surface area contributed by atoms with E-state index >= 15 is 0 Å². The summed E-state index contributed by atoms with van der Waals surface area (Å²) in [7, 11) is 0. The maximum absolute atomic E-state index is 11.7. The van der Waals surface area contributed by atoms with Crippen LogP contribution in [0.4, 0.5) is 0 Å². The molecule has 0 radical (unpaired) electrons. The summed E-state index contributed by atoms with van der Waals surface area (Å²) < 4.78 is 0. The third kappa shape index (κ3) is 4.45. The summed E-state index contributed by atoms with van der Waals surface area (Å²) in [5.41, 5.74) is 6.39. The number of likely N-dealkylation sites (tertiary alicyclic amines) is 1. The molecule has 3 N–H and O–H groups in total. The van der Waals surface area contributed by atoms with Gasteiger partial charge in [-0.05, 0) is 30.5 Å². The number of carbonyl (C=O) groups excluding carboxylic acids is 2. The lowest BCUT2D eigenvalue weighted by atomic mass is 9.97. The molecule has 22 heavy (non-hydrogen) atoms. The molecule has 0 aromatic heterocycles. The molecule has 2 rings (SSSR count). The monoisotopic (exact) mass is 323 g/mol. The molecule has 5 nitrogen and oxygen atoms in total. The van der Waals surface area contributed by atoms with E-state index < -0.39 is 0 Å². The maximum atomic E-state index is 11.7. The lowest BCUT2D eigenvalue weighted by Gasteiger charge is -2.32. The Bertz CT molecular complexity index is 525. The van der Waals surface area contributed by atoms with Crippen LogP contribution in [0.3, 0.4) is 0 Å². The van der Waals surface area contributed by atoms with Gasteiger partial charge in [-0.2, -0.15) is 0 Å². The van der Waals surface area contributed by atoms with Crippen LogP contribution < -0.4 is 11.1 Å². The quantitative estimate of drug-likeness (QED) is 0.862. The van der Waals surface area contributed by atoms with Crippen LogP contribution in [0, 0.1) is 0 Å². The molecule has 1 aliphatic rings. The van der Waals surface area contributed by atoms with Gasteiger partial charge in [0, 0.05) is 37.6 Å². The van der Waals surface area contributed by atoms with Crippen molar-refractivity contribution in [1.82, 2.24) is 10.2 Å². The average Bonchev–Trinajstić information content (AvgIpc) is 2.49. The zero-order valence-corrected chi connectivity index (χ0v) is 13.5. The molecular weight excluding hydrogens is 302 g/mol. The first kappa shape index (κ1) is 16.8. The second kappa shape index (κ2) is 7.61. The fourth-order valence-corrected chi connectivity index (χ4v) is 2.89. The van der Waals surface area contributed by atoms with Crippen molar-refractivity contribution in [2.45, 2.75) is 31.7 Å². The van der Waals surface area contributed by atoms with Crippen molar-refractivity contribution in [3.63, 3.8) is 0 Å². The Morgan fingerprint density at radius 2 is 1.91 bits per heavy atom. The molecule has 1 saturated heterocycles. The topological polar surface area (TPSA) is 75.4 Å². The second-order valence-corrected chi connectivity index (χ2v) is 6.13. The maximum Gasteiger partial charge on any atom is 0.226 e. The Hall–Kier alpha value is -1.59. The SMILES string of the molecule is CC(=O)N1CCC(NC[C@@H](C(N)=O)c2ccc(Cl)cc2)CC1. The number of benzene rings is 1. The molecular formula is C16H22ClN3O2. The molecule has 2 amide bonds. The molecule has 0 unspecified atom stereocenters. The zero-order valence-electron chi connectivity index (χ0n) is 12.7. The molecule has 0 spiro atoms. The molecule has 0 bridgehead atoms. The van der Waals surface area contributed by atoms with Crippen molar-refractivity contribution in [3.05, 3.63) is 34.9 Å². The summed E-state index contributed by atoms with van der Waals surface area (Å²) in [5, 5.41) is 4.04. The largest absolute Gasteiger partial charge is 0.369 e. The number of hydrogen-bond donors (Lipinski definition) is 2. The van der Waals surface area contributed by atoms with Crippen LogP contribution in [0.25, 0.3) is 0 Å². The number of primary amides is 1. The van der Waals surface area contributed by atoms with Gasteiger partial charge < -0.3 is 16.0 Å². The Morgan fingerprint density at radius 1 is 1.32 bits per heavy atom. The Morgan fingerprint density at radius 3 is 2.41 bits per heavy atom. The Balaban J connectivity index is 1.89. The van der Waals surface area contributed by atoms with Gasteiger partial charge in [0.25, 0.3) is 0 Å². The van der Waals surface area contributed by atoms with E-state index in [1.165, 1.54) is 0 Å². The second-order valence-electron chi connectivity index (χ2n) is 5.70. The molecule has 0 aliphatic carbocycles. The van der Waals surface area contributed by atoms with E-state index in [2.05, 4.69) is 5.32 Å². The molecule has 0 saturated carbocycles. The summed E-state index contributed by atoms with van der Waals surface area (Å²) in [6.07, 6.45) is 1.79. The summed E-state index contributed by atoms with van der Waals surface area (Å²) in [5.74, 6) is -0.603. The third-order valence-electron chi connectivity index (χ3n) is 4.17. The molecule has 6 heteroatoms. The van der Waals surface area contributed by atoms with Gasteiger partial charge in [-0.25, -0.2) is 0 Å². The number of piperidine rings is 1. The van der Waals surface area contributed by atoms with E-state index in [1.54, 1.807) is 19.1 Å². The fraction of sp³-hybridized carbons (Fsp3) is 0.500. The summed E-state index contributed by atoms with van der Waals surface area (Å²) in [6.45, 7) is 3.61. The number of nitrogens with one attached hydrogen (secondary N) is 1. The van der Waals surface area contributed by atoms with Gasteiger partial charge in [0.2, 0.25) is 11.8 Å². The van der Waals surface area contributed by atoms with Crippen molar-refractivity contribution in [1.29, 1.82) is 0 Å². The van der Waals surface area contributed by atoms with Gasteiger partial charge in [-0.1, -0.05) is 23.7 Å². The summed E-state index contributed by atoms with van der Waals surface area (Å²) in [6, 6.07) is 7.50. The van der Waals surface area contributed by atoms with Crippen LogP contribution in [-0.2, 0) is 9.59 Å². The van der Waals surface area contributed by atoms with Crippen LogP contribution in [-0.4, -0.2) is 42.4 Å². The van der Waals surface area contributed by atoms with Crippen molar-refractivity contribution in [3.8, 4) is 0 Å². The van der Waals surface area contributed by atoms with Crippen molar-refractivity contribution in [2.24, 2.45) is 5.73 Å². The lowest BCUT2D eigenvalue weighted by Crippen LogP contribution is -2.46. The van der Waals surface area contributed by atoms with Gasteiger partial charge in [-0.3, -0.25) is 9.59 Å². The van der Waals surface area contributed by atoms with E-state index in [9.17, 15) is 9.59 Å².